The molecule has 2 aromatic heterocycles. The van der Waals surface area contributed by atoms with Crippen LogP contribution in [0.3, 0.4) is 0 Å². The second-order valence-corrected chi connectivity index (χ2v) is 6.41. The number of halogens is 3. The first-order valence-corrected chi connectivity index (χ1v) is 8.79. The maximum Gasteiger partial charge on any atom is 0.416 e. The maximum atomic E-state index is 12.7. The predicted octanol–water partition coefficient (Wildman–Crippen LogP) is 4.93. The van der Waals surface area contributed by atoms with Gasteiger partial charge in [0.25, 0.3) is 0 Å². The minimum absolute atomic E-state index is 0.410. The standard InChI is InChI=1S/C20H17F3N6/c1-12-26-16-8-7-15(24-2)9-17(16)29(12)19-11-25-10-18(28-19)27-14-5-3-13(4-6-14)20(21,22)23/h3-11,24H,1-2H3,(H,27,28). The van der Waals surface area contributed by atoms with Crippen LogP contribution >= 0.6 is 0 Å². The SMILES string of the molecule is CNc1ccc2nc(C)n(-c3cncc(Nc4ccc(C(F)(F)F)cc4)n3)c2c1. The number of hydrogen-bond acceptors (Lipinski definition) is 5. The van der Waals surface area contributed by atoms with Crippen LogP contribution in [0.5, 0.6) is 0 Å². The molecule has 9 heteroatoms. The van der Waals surface area contributed by atoms with Gasteiger partial charge in [-0.05, 0) is 49.4 Å². The van der Waals surface area contributed by atoms with E-state index < -0.39 is 11.7 Å². The van der Waals surface area contributed by atoms with E-state index in [-0.39, 0.29) is 0 Å². The molecular formula is C20H17F3N6. The van der Waals surface area contributed by atoms with E-state index >= 15 is 0 Å². The second-order valence-electron chi connectivity index (χ2n) is 6.41. The zero-order valence-electron chi connectivity index (χ0n) is 15.6. The zero-order valence-corrected chi connectivity index (χ0v) is 15.6. The van der Waals surface area contributed by atoms with Crippen LogP contribution in [0.15, 0.2) is 54.9 Å². The molecule has 0 atom stereocenters. The molecule has 4 rings (SSSR count). The van der Waals surface area contributed by atoms with Crippen LogP contribution in [0.25, 0.3) is 16.9 Å². The average Bonchev–Trinajstić information content (AvgIpc) is 3.02. The number of nitrogens with one attached hydrogen (secondary N) is 2. The number of aromatic nitrogens is 4. The highest BCUT2D eigenvalue weighted by molar-refractivity contribution is 5.81. The van der Waals surface area contributed by atoms with Crippen LogP contribution in [0.2, 0.25) is 0 Å². The summed E-state index contributed by atoms with van der Waals surface area (Å²) in [7, 11) is 1.84. The number of alkyl halides is 3. The zero-order chi connectivity index (χ0) is 20.6. The van der Waals surface area contributed by atoms with E-state index in [1.54, 1.807) is 6.20 Å². The van der Waals surface area contributed by atoms with Crippen molar-refractivity contribution < 1.29 is 13.2 Å². The molecule has 0 aliphatic carbocycles. The Hall–Kier alpha value is -3.62. The van der Waals surface area contributed by atoms with Gasteiger partial charge < -0.3 is 10.6 Å². The fourth-order valence-corrected chi connectivity index (χ4v) is 3.05. The smallest absolute Gasteiger partial charge is 0.388 e. The lowest BCUT2D eigenvalue weighted by Crippen LogP contribution is -2.05. The summed E-state index contributed by atoms with van der Waals surface area (Å²) >= 11 is 0. The second kappa shape index (κ2) is 7.08. The third-order valence-corrected chi connectivity index (χ3v) is 4.45. The molecular weight excluding hydrogens is 381 g/mol. The van der Waals surface area contributed by atoms with Gasteiger partial charge in [0.1, 0.15) is 5.82 Å². The molecule has 2 aromatic carbocycles. The highest BCUT2D eigenvalue weighted by atomic mass is 19.4. The molecule has 0 radical (unpaired) electrons. The molecule has 0 fully saturated rings. The molecule has 0 saturated heterocycles. The molecule has 0 saturated carbocycles. The van der Waals surface area contributed by atoms with Gasteiger partial charge in [-0.2, -0.15) is 13.2 Å². The van der Waals surface area contributed by atoms with Gasteiger partial charge in [-0.3, -0.25) is 9.55 Å². The van der Waals surface area contributed by atoms with Gasteiger partial charge in [0, 0.05) is 18.4 Å². The van der Waals surface area contributed by atoms with Crippen molar-refractivity contribution in [3.8, 4) is 5.82 Å². The van der Waals surface area contributed by atoms with Crippen LogP contribution < -0.4 is 10.6 Å². The lowest BCUT2D eigenvalue weighted by Gasteiger charge is -2.11. The van der Waals surface area contributed by atoms with Gasteiger partial charge in [-0.1, -0.05) is 0 Å². The van der Waals surface area contributed by atoms with Crippen LogP contribution in [-0.4, -0.2) is 26.6 Å². The average molecular weight is 398 g/mol. The maximum absolute atomic E-state index is 12.7. The van der Waals surface area contributed by atoms with Crippen molar-refractivity contribution >= 4 is 28.2 Å². The molecule has 2 heterocycles. The largest absolute Gasteiger partial charge is 0.416 e. The number of benzene rings is 2. The van der Waals surface area contributed by atoms with E-state index in [1.807, 2.05) is 36.7 Å². The Morgan fingerprint density at radius 2 is 1.66 bits per heavy atom. The fourth-order valence-electron chi connectivity index (χ4n) is 3.05. The highest BCUT2D eigenvalue weighted by Gasteiger charge is 2.29. The van der Waals surface area contributed by atoms with E-state index in [4.69, 9.17) is 0 Å². The van der Waals surface area contributed by atoms with Crippen LogP contribution in [0.1, 0.15) is 11.4 Å². The first-order chi connectivity index (χ1) is 13.8. The van der Waals surface area contributed by atoms with Gasteiger partial charge in [-0.25, -0.2) is 9.97 Å². The third-order valence-electron chi connectivity index (χ3n) is 4.45. The summed E-state index contributed by atoms with van der Waals surface area (Å²) in [5, 5.41) is 6.08. The number of anilines is 3. The van der Waals surface area contributed by atoms with Crippen LogP contribution in [0, 0.1) is 6.92 Å². The van der Waals surface area contributed by atoms with Crippen molar-refractivity contribution in [2.75, 3.05) is 17.7 Å². The van der Waals surface area contributed by atoms with Crippen LogP contribution in [0.4, 0.5) is 30.4 Å². The topological polar surface area (TPSA) is 67.7 Å². The number of imidazole rings is 1. The Morgan fingerprint density at radius 1 is 0.931 bits per heavy atom. The van der Waals surface area contributed by atoms with Gasteiger partial charge in [0.2, 0.25) is 0 Å². The number of nitrogens with zero attached hydrogens (tertiary/aromatic N) is 4. The van der Waals surface area contributed by atoms with Crippen molar-refractivity contribution in [3.63, 3.8) is 0 Å². The van der Waals surface area contributed by atoms with Crippen molar-refractivity contribution in [1.29, 1.82) is 0 Å². The summed E-state index contributed by atoms with van der Waals surface area (Å²) < 4.78 is 40.0. The molecule has 148 valence electrons. The lowest BCUT2D eigenvalue weighted by atomic mass is 10.2. The molecule has 0 unspecified atom stereocenters. The summed E-state index contributed by atoms with van der Waals surface area (Å²) in [6.07, 6.45) is -1.25. The van der Waals surface area contributed by atoms with Gasteiger partial charge in [-0.15, -0.1) is 0 Å². The van der Waals surface area contributed by atoms with E-state index in [0.717, 1.165) is 34.7 Å². The van der Waals surface area contributed by atoms with Crippen molar-refractivity contribution in [2.24, 2.45) is 0 Å². The summed E-state index contributed by atoms with van der Waals surface area (Å²) in [6.45, 7) is 1.87. The fraction of sp³-hybridized carbons (Fsp3) is 0.150. The first kappa shape index (κ1) is 18.7. The summed E-state index contributed by atoms with van der Waals surface area (Å²) in [4.78, 5) is 13.3. The number of aryl methyl sites for hydroxylation is 1. The van der Waals surface area contributed by atoms with Gasteiger partial charge in [0.15, 0.2) is 11.6 Å². The Bertz CT molecular complexity index is 1170. The quantitative estimate of drug-likeness (QED) is 0.510. The van der Waals surface area contributed by atoms with Crippen LogP contribution in [-0.2, 0) is 6.18 Å². The molecule has 0 spiro atoms. The van der Waals surface area contributed by atoms with Crippen molar-refractivity contribution in [3.05, 3.63) is 66.2 Å². The first-order valence-electron chi connectivity index (χ1n) is 8.79. The molecule has 0 bridgehead atoms. The van der Waals surface area contributed by atoms with E-state index in [9.17, 15) is 13.2 Å². The molecule has 6 nitrogen and oxygen atoms in total. The predicted molar refractivity (Wildman–Crippen MR) is 106 cm³/mol. The normalized spacial score (nSPS) is 11.6. The van der Waals surface area contributed by atoms with E-state index in [0.29, 0.717) is 17.3 Å². The summed E-state index contributed by atoms with van der Waals surface area (Å²) in [6, 6.07) is 10.6. The minimum atomic E-state index is -4.37. The monoisotopic (exact) mass is 398 g/mol. The molecule has 0 aliphatic heterocycles. The third kappa shape index (κ3) is 3.71. The molecule has 0 amide bonds. The molecule has 2 N–H and O–H groups in total. The van der Waals surface area contributed by atoms with E-state index in [2.05, 4.69) is 25.6 Å². The van der Waals surface area contributed by atoms with Crippen molar-refractivity contribution in [2.45, 2.75) is 13.1 Å². The van der Waals surface area contributed by atoms with Gasteiger partial charge in [0.05, 0.1) is 29.0 Å². The Labute approximate surface area is 164 Å². The number of rotatable bonds is 4. The minimum Gasteiger partial charge on any atom is -0.388 e. The summed E-state index contributed by atoms with van der Waals surface area (Å²) in [5.41, 5.74) is 2.41. The summed E-state index contributed by atoms with van der Waals surface area (Å²) in [5.74, 6) is 1.71. The Balaban J connectivity index is 1.68. The number of fused-ring (bicyclic) bond motifs is 1. The molecule has 0 aliphatic rings. The van der Waals surface area contributed by atoms with E-state index in [1.165, 1.54) is 18.3 Å². The molecule has 4 aromatic rings. The van der Waals surface area contributed by atoms with Gasteiger partial charge >= 0.3 is 6.18 Å². The lowest BCUT2D eigenvalue weighted by molar-refractivity contribution is -0.137. The van der Waals surface area contributed by atoms with Crippen molar-refractivity contribution in [1.82, 2.24) is 19.5 Å². The highest BCUT2D eigenvalue weighted by Crippen LogP contribution is 2.30. The Morgan fingerprint density at radius 3 is 2.34 bits per heavy atom. The molecule has 29 heavy (non-hydrogen) atoms. The number of hydrogen-bond donors (Lipinski definition) is 2. The Kier molecular flexibility index (Phi) is 4.57.